The number of rotatable bonds is 10. The second kappa shape index (κ2) is 10.3. The van der Waals surface area contributed by atoms with Crippen molar-refractivity contribution in [2.24, 2.45) is 0 Å². The maximum Gasteiger partial charge on any atom is 0.236 e. The third kappa shape index (κ3) is 6.97. The molecule has 1 N–H and O–H groups in total. The lowest BCUT2D eigenvalue weighted by atomic mass is 10.2. The van der Waals surface area contributed by atoms with Gasteiger partial charge in [-0.3, -0.25) is 9.69 Å². The molecule has 0 fully saturated rings. The Kier molecular flexibility index (Phi) is 9.98. The number of aliphatic hydroxyl groups excluding tert-OH is 1. The van der Waals surface area contributed by atoms with Crippen LogP contribution in [-0.4, -0.2) is 59.6 Å². The zero-order valence-electron chi connectivity index (χ0n) is 12.5. The van der Waals surface area contributed by atoms with Gasteiger partial charge < -0.3 is 10.0 Å². The number of hydrogen-bond donors (Lipinski definition) is 1. The van der Waals surface area contributed by atoms with Gasteiger partial charge in [-0.25, -0.2) is 0 Å². The van der Waals surface area contributed by atoms with Crippen molar-refractivity contribution >= 4 is 5.91 Å². The quantitative estimate of drug-likeness (QED) is 0.649. The van der Waals surface area contributed by atoms with Crippen LogP contribution in [0.5, 0.6) is 0 Å². The second-order valence-corrected chi connectivity index (χ2v) is 5.02. The van der Waals surface area contributed by atoms with Crippen LogP contribution in [-0.2, 0) is 4.79 Å². The van der Waals surface area contributed by atoms with Crippen LogP contribution in [0.3, 0.4) is 0 Å². The van der Waals surface area contributed by atoms with Crippen LogP contribution in [0.2, 0.25) is 0 Å². The summed E-state index contributed by atoms with van der Waals surface area (Å²) < 4.78 is 0. The molecule has 0 aromatic rings. The van der Waals surface area contributed by atoms with Gasteiger partial charge in [-0.1, -0.05) is 13.8 Å². The highest BCUT2D eigenvalue weighted by Gasteiger charge is 2.17. The Hall–Kier alpha value is -0.610. The van der Waals surface area contributed by atoms with E-state index in [4.69, 9.17) is 5.11 Å². The Morgan fingerprint density at radius 2 is 1.67 bits per heavy atom. The lowest BCUT2D eigenvalue weighted by Gasteiger charge is -2.29. The molecule has 0 spiro atoms. The fourth-order valence-electron chi connectivity index (χ4n) is 1.97. The van der Waals surface area contributed by atoms with Crippen molar-refractivity contribution in [1.82, 2.24) is 9.80 Å². The maximum absolute atomic E-state index is 12.2. The second-order valence-electron chi connectivity index (χ2n) is 5.02. The molecule has 0 atom stereocenters. The van der Waals surface area contributed by atoms with Gasteiger partial charge in [0, 0.05) is 32.3 Å². The van der Waals surface area contributed by atoms with E-state index in [1.807, 2.05) is 4.90 Å². The van der Waals surface area contributed by atoms with Gasteiger partial charge >= 0.3 is 0 Å². The van der Waals surface area contributed by atoms with Crippen molar-refractivity contribution in [3.05, 3.63) is 0 Å². The molecule has 0 heterocycles. The first kappa shape index (κ1) is 17.4. The highest BCUT2D eigenvalue weighted by Crippen LogP contribution is 2.03. The summed E-state index contributed by atoms with van der Waals surface area (Å²) in [5.41, 5.74) is 0. The molecule has 0 rings (SSSR count). The Bertz CT molecular complexity index is 214. The molecule has 4 nitrogen and oxygen atoms in total. The average Bonchev–Trinajstić information content (AvgIpc) is 2.33. The van der Waals surface area contributed by atoms with E-state index in [0.29, 0.717) is 12.6 Å². The van der Waals surface area contributed by atoms with E-state index in [2.05, 4.69) is 32.6 Å². The van der Waals surface area contributed by atoms with Crippen molar-refractivity contribution in [1.29, 1.82) is 0 Å². The zero-order valence-corrected chi connectivity index (χ0v) is 12.5. The molecule has 108 valence electrons. The smallest absolute Gasteiger partial charge is 0.236 e. The minimum Gasteiger partial charge on any atom is -0.396 e. The molecule has 0 aromatic heterocycles. The predicted octanol–water partition coefficient (Wildman–Crippen LogP) is 1.73. The highest BCUT2D eigenvalue weighted by molar-refractivity contribution is 5.78. The van der Waals surface area contributed by atoms with Gasteiger partial charge in [-0.2, -0.15) is 0 Å². The monoisotopic (exact) mass is 258 g/mol. The normalized spacial score (nSPS) is 11.3. The zero-order chi connectivity index (χ0) is 14.0. The van der Waals surface area contributed by atoms with Crippen LogP contribution in [0.1, 0.15) is 47.0 Å². The Labute approximate surface area is 112 Å². The Morgan fingerprint density at radius 3 is 2.06 bits per heavy atom. The van der Waals surface area contributed by atoms with Crippen LogP contribution >= 0.6 is 0 Å². The van der Waals surface area contributed by atoms with Crippen molar-refractivity contribution in [2.45, 2.75) is 53.0 Å². The molecule has 1 amide bonds. The van der Waals surface area contributed by atoms with Crippen LogP contribution in [0.25, 0.3) is 0 Å². The summed E-state index contributed by atoms with van der Waals surface area (Å²) in [4.78, 5) is 16.3. The number of hydrogen-bond acceptors (Lipinski definition) is 3. The SMILES string of the molecule is CCCN(CCC)C(=O)CN(CCCO)C(C)C. The molecule has 0 bridgehead atoms. The molecule has 4 heteroatoms. The lowest BCUT2D eigenvalue weighted by Crippen LogP contribution is -2.44. The minimum atomic E-state index is 0.186. The summed E-state index contributed by atoms with van der Waals surface area (Å²) in [5.74, 6) is 0.213. The van der Waals surface area contributed by atoms with E-state index in [0.717, 1.165) is 38.9 Å². The fourth-order valence-corrected chi connectivity index (χ4v) is 1.97. The minimum absolute atomic E-state index is 0.186. The molecule has 0 aromatic carbocycles. The van der Waals surface area contributed by atoms with Crippen LogP contribution in [0, 0.1) is 0 Å². The summed E-state index contributed by atoms with van der Waals surface area (Å²) >= 11 is 0. The van der Waals surface area contributed by atoms with E-state index in [1.54, 1.807) is 0 Å². The number of aliphatic hydroxyl groups is 1. The van der Waals surface area contributed by atoms with Crippen LogP contribution in [0.15, 0.2) is 0 Å². The predicted molar refractivity (Wildman–Crippen MR) is 75.6 cm³/mol. The molecule has 0 aliphatic carbocycles. The van der Waals surface area contributed by atoms with Gasteiger partial charge in [0.1, 0.15) is 0 Å². The summed E-state index contributed by atoms with van der Waals surface area (Å²) in [6.07, 6.45) is 2.74. The third-order valence-electron chi connectivity index (χ3n) is 3.01. The molecule has 0 saturated carbocycles. The van der Waals surface area contributed by atoms with Gasteiger partial charge in [0.2, 0.25) is 5.91 Å². The van der Waals surface area contributed by atoms with Crippen molar-refractivity contribution in [3.8, 4) is 0 Å². The van der Waals surface area contributed by atoms with Crippen LogP contribution < -0.4 is 0 Å². The van der Waals surface area contributed by atoms with Gasteiger partial charge in [0.25, 0.3) is 0 Å². The van der Waals surface area contributed by atoms with Crippen molar-refractivity contribution < 1.29 is 9.90 Å². The summed E-state index contributed by atoms with van der Waals surface area (Å²) in [6.45, 7) is 11.5. The molecule has 0 radical (unpaired) electrons. The van der Waals surface area contributed by atoms with Crippen molar-refractivity contribution in [2.75, 3.05) is 32.8 Å². The number of carbonyl (C=O) groups excluding carboxylic acids is 1. The largest absolute Gasteiger partial charge is 0.396 e. The fraction of sp³-hybridized carbons (Fsp3) is 0.929. The number of amides is 1. The summed E-state index contributed by atoms with van der Waals surface area (Å²) in [7, 11) is 0. The first-order chi connectivity index (χ1) is 8.56. The van der Waals surface area contributed by atoms with E-state index < -0.39 is 0 Å². The lowest BCUT2D eigenvalue weighted by molar-refractivity contribution is -0.133. The van der Waals surface area contributed by atoms with Gasteiger partial charge in [0.15, 0.2) is 0 Å². The number of carbonyl (C=O) groups is 1. The standard InChI is InChI=1S/C14H30N2O2/c1-5-8-15(9-6-2)14(18)12-16(13(3)4)10-7-11-17/h13,17H,5-12H2,1-4H3. The summed E-state index contributed by atoms with van der Waals surface area (Å²) in [6, 6.07) is 0.339. The molecule has 0 saturated heterocycles. The van der Waals surface area contributed by atoms with E-state index >= 15 is 0 Å². The Morgan fingerprint density at radius 1 is 1.11 bits per heavy atom. The molecule has 0 aliphatic rings. The van der Waals surface area contributed by atoms with Gasteiger partial charge in [0.05, 0.1) is 6.54 Å². The van der Waals surface area contributed by atoms with E-state index in [9.17, 15) is 4.79 Å². The third-order valence-corrected chi connectivity index (χ3v) is 3.01. The topological polar surface area (TPSA) is 43.8 Å². The molecular formula is C14H30N2O2. The van der Waals surface area contributed by atoms with E-state index in [-0.39, 0.29) is 12.5 Å². The van der Waals surface area contributed by atoms with Crippen LogP contribution in [0.4, 0.5) is 0 Å². The maximum atomic E-state index is 12.2. The number of nitrogens with zero attached hydrogens (tertiary/aromatic N) is 2. The van der Waals surface area contributed by atoms with Gasteiger partial charge in [-0.05, 0) is 33.1 Å². The first-order valence-electron chi connectivity index (χ1n) is 7.19. The first-order valence-corrected chi connectivity index (χ1v) is 7.19. The van der Waals surface area contributed by atoms with Gasteiger partial charge in [-0.15, -0.1) is 0 Å². The Balaban J connectivity index is 4.35. The molecular weight excluding hydrogens is 228 g/mol. The summed E-state index contributed by atoms with van der Waals surface area (Å²) in [5, 5.41) is 8.89. The molecule has 18 heavy (non-hydrogen) atoms. The molecule has 0 aliphatic heterocycles. The molecule has 0 unspecified atom stereocenters. The average molecular weight is 258 g/mol. The van der Waals surface area contributed by atoms with Crippen molar-refractivity contribution in [3.63, 3.8) is 0 Å². The highest BCUT2D eigenvalue weighted by atomic mass is 16.3. The van der Waals surface area contributed by atoms with E-state index in [1.165, 1.54) is 0 Å².